The van der Waals surface area contributed by atoms with Gasteiger partial charge in [-0.3, -0.25) is 9.59 Å². The molecule has 2 saturated heterocycles. The van der Waals surface area contributed by atoms with Crippen molar-refractivity contribution >= 4 is 17.6 Å². The van der Waals surface area contributed by atoms with Crippen molar-refractivity contribution in [2.24, 2.45) is 17.3 Å². The SMILES string of the molecule is CCOC(=O)C(C)(C)C(O)(c1ccc(NC2NN([C@@H](CC#N)C3CC3)C3CCNC(=O)C23)cc1)C(F)(F)F. The third-order valence-corrected chi connectivity index (χ3v) is 8.01. The molecule has 0 bridgehead atoms. The highest BCUT2D eigenvalue weighted by molar-refractivity contribution is 5.82. The average molecular weight is 538 g/mol. The fourth-order valence-corrected chi connectivity index (χ4v) is 5.69. The Kier molecular flexibility index (Phi) is 7.67. The van der Waals surface area contributed by atoms with E-state index in [1.165, 1.54) is 19.1 Å². The van der Waals surface area contributed by atoms with Crippen LogP contribution in [0.3, 0.4) is 0 Å². The second-order valence-electron chi connectivity index (χ2n) is 10.7. The summed E-state index contributed by atoms with van der Waals surface area (Å²) in [7, 11) is 0. The van der Waals surface area contributed by atoms with Crippen LogP contribution in [0.15, 0.2) is 24.3 Å². The number of nitriles is 1. The van der Waals surface area contributed by atoms with Gasteiger partial charge in [0.15, 0.2) is 0 Å². The van der Waals surface area contributed by atoms with E-state index < -0.39 is 40.8 Å². The minimum Gasteiger partial charge on any atom is -0.465 e. The van der Waals surface area contributed by atoms with Crippen LogP contribution in [0.5, 0.6) is 0 Å². The molecule has 1 aromatic rings. The summed E-state index contributed by atoms with van der Waals surface area (Å²) in [5.41, 5.74) is -2.55. The number of carbonyl (C=O) groups excluding carboxylic acids is 2. The first-order valence-electron chi connectivity index (χ1n) is 12.9. The Balaban J connectivity index is 1.59. The normalized spacial score (nSPS) is 26.5. The minimum absolute atomic E-state index is 0.0283. The Morgan fingerprint density at radius 2 is 1.92 bits per heavy atom. The number of rotatable bonds is 9. The van der Waals surface area contributed by atoms with E-state index in [1.807, 2.05) is 5.01 Å². The van der Waals surface area contributed by atoms with Crippen molar-refractivity contribution in [1.82, 2.24) is 15.8 Å². The zero-order chi connectivity index (χ0) is 27.9. The van der Waals surface area contributed by atoms with Gasteiger partial charge >= 0.3 is 12.1 Å². The Labute approximate surface area is 219 Å². The van der Waals surface area contributed by atoms with E-state index in [9.17, 15) is 33.1 Å². The summed E-state index contributed by atoms with van der Waals surface area (Å²) in [6.45, 7) is 3.87. The highest BCUT2D eigenvalue weighted by Crippen LogP contribution is 2.51. The molecule has 5 atom stereocenters. The van der Waals surface area contributed by atoms with Gasteiger partial charge < -0.3 is 20.5 Å². The van der Waals surface area contributed by atoms with Gasteiger partial charge in [-0.25, -0.2) is 10.4 Å². The Morgan fingerprint density at radius 3 is 2.47 bits per heavy atom. The van der Waals surface area contributed by atoms with Gasteiger partial charge in [0.05, 0.1) is 25.0 Å². The number of amides is 1. The monoisotopic (exact) mass is 537 g/mol. The molecule has 1 aromatic carbocycles. The number of nitrogens with zero attached hydrogens (tertiary/aromatic N) is 2. The fraction of sp³-hybridized carbons (Fsp3) is 0.654. The standard InChI is InChI=1S/C26H34F3N5O4/c1-4-38-23(36)24(2,3)25(37,26(27,28)29)16-7-9-17(10-8-16)32-21-20-19(12-14-31-22(20)35)34(33-21)18(11-13-30)15-5-6-15/h7-10,15,18-21,32-33,37H,4-6,11-12,14H2,1-3H3,(H,31,35)/t18-,19?,20?,21?,25?/m0/s1. The van der Waals surface area contributed by atoms with Crippen molar-refractivity contribution in [3.8, 4) is 6.07 Å². The van der Waals surface area contributed by atoms with E-state index in [0.717, 1.165) is 38.8 Å². The molecular formula is C26H34F3N5O4. The first-order valence-corrected chi connectivity index (χ1v) is 12.9. The number of nitrogens with one attached hydrogen (secondary N) is 3. The van der Waals surface area contributed by atoms with Gasteiger partial charge in [0.2, 0.25) is 11.5 Å². The predicted octanol–water partition coefficient (Wildman–Crippen LogP) is 2.78. The van der Waals surface area contributed by atoms with Gasteiger partial charge in [-0.15, -0.1) is 0 Å². The molecule has 208 valence electrons. The average Bonchev–Trinajstić information content (AvgIpc) is 3.64. The quantitative estimate of drug-likeness (QED) is 0.355. The number of hydrazine groups is 1. The van der Waals surface area contributed by atoms with Gasteiger partial charge in [0.25, 0.3) is 0 Å². The fourth-order valence-electron chi connectivity index (χ4n) is 5.69. The molecule has 12 heteroatoms. The topological polar surface area (TPSA) is 127 Å². The largest absolute Gasteiger partial charge is 0.465 e. The highest BCUT2D eigenvalue weighted by atomic mass is 19.4. The number of hydrogen-bond acceptors (Lipinski definition) is 8. The van der Waals surface area contributed by atoms with Crippen LogP contribution in [0.2, 0.25) is 0 Å². The molecule has 0 spiro atoms. The third-order valence-electron chi connectivity index (χ3n) is 8.01. The summed E-state index contributed by atoms with van der Waals surface area (Å²) >= 11 is 0. The number of hydrogen-bond donors (Lipinski definition) is 4. The van der Waals surface area contributed by atoms with Crippen LogP contribution < -0.4 is 16.1 Å². The van der Waals surface area contributed by atoms with Crippen LogP contribution in [0.25, 0.3) is 0 Å². The van der Waals surface area contributed by atoms with Crippen molar-refractivity contribution in [3.05, 3.63) is 29.8 Å². The molecule has 2 aliphatic heterocycles. The van der Waals surface area contributed by atoms with Crippen LogP contribution >= 0.6 is 0 Å². The van der Waals surface area contributed by atoms with Gasteiger partial charge in [0.1, 0.15) is 11.6 Å². The van der Waals surface area contributed by atoms with E-state index in [2.05, 4.69) is 22.1 Å². The maximum atomic E-state index is 14.2. The predicted molar refractivity (Wildman–Crippen MR) is 131 cm³/mol. The molecule has 0 radical (unpaired) electrons. The first-order chi connectivity index (χ1) is 17.9. The number of piperidine rings is 1. The summed E-state index contributed by atoms with van der Waals surface area (Å²) in [6.07, 6.45) is -2.64. The van der Waals surface area contributed by atoms with Gasteiger partial charge in [-0.1, -0.05) is 12.1 Å². The molecule has 9 nitrogen and oxygen atoms in total. The van der Waals surface area contributed by atoms with Crippen LogP contribution in [0.1, 0.15) is 52.0 Å². The number of anilines is 1. The van der Waals surface area contributed by atoms with Crippen molar-refractivity contribution in [2.75, 3.05) is 18.5 Å². The molecule has 1 amide bonds. The molecule has 0 aromatic heterocycles. The highest BCUT2D eigenvalue weighted by Gasteiger charge is 2.67. The Hall–Kier alpha value is -2.88. The lowest BCUT2D eigenvalue weighted by Gasteiger charge is -2.42. The smallest absolute Gasteiger partial charge is 0.422 e. The van der Waals surface area contributed by atoms with Crippen molar-refractivity contribution in [2.45, 2.75) is 76.5 Å². The lowest BCUT2D eigenvalue weighted by atomic mass is 9.70. The summed E-state index contributed by atoms with van der Waals surface area (Å²) in [6, 6.07) is 7.08. The molecule has 38 heavy (non-hydrogen) atoms. The van der Waals surface area contributed by atoms with E-state index in [-0.39, 0.29) is 24.6 Å². The second kappa shape index (κ2) is 10.4. The van der Waals surface area contributed by atoms with Crippen molar-refractivity contribution in [3.63, 3.8) is 0 Å². The maximum absolute atomic E-state index is 14.2. The van der Waals surface area contributed by atoms with Crippen molar-refractivity contribution in [1.29, 1.82) is 5.26 Å². The Morgan fingerprint density at radius 1 is 1.26 bits per heavy atom. The molecule has 2 heterocycles. The van der Waals surface area contributed by atoms with Crippen LogP contribution in [-0.2, 0) is 19.9 Å². The van der Waals surface area contributed by atoms with E-state index >= 15 is 0 Å². The lowest BCUT2D eigenvalue weighted by molar-refractivity contribution is -0.303. The number of halogens is 3. The zero-order valence-electron chi connectivity index (χ0n) is 21.6. The molecule has 1 aliphatic carbocycles. The minimum atomic E-state index is -5.17. The summed E-state index contributed by atoms with van der Waals surface area (Å²) < 4.78 is 47.5. The van der Waals surface area contributed by atoms with E-state index in [4.69, 9.17) is 4.74 Å². The molecular weight excluding hydrogens is 503 g/mol. The first kappa shape index (κ1) is 28.1. The summed E-state index contributed by atoms with van der Waals surface area (Å²) in [5.74, 6) is -1.40. The lowest BCUT2D eigenvalue weighted by Crippen LogP contribution is -2.57. The maximum Gasteiger partial charge on any atom is 0.422 e. The molecule has 3 fully saturated rings. The number of fused-ring (bicyclic) bond motifs is 1. The van der Waals surface area contributed by atoms with Crippen LogP contribution in [-0.4, -0.2) is 59.6 Å². The molecule has 4 N–H and O–H groups in total. The van der Waals surface area contributed by atoms with Crippen LogP contribution in [0.4, 0.5) is 18.9 Å². The van der Waals surface area contributed by atoms with E-state index in [0.29, 0.717) is 31.0 Å². The zero-order valence-corrected chi connectivity index (χ0v) is 21.6. The second-order valence-corrected chi connectivity index (χ2v) is 10.7. The number of aliphatic hydroxyl groups is 1. The Bertz CT molecular complexity index is 1090. The third kappa shape index (κ3) is 4.83. The van der Waals surface area contributed by atoms with Gasteiger partial charge in [-0.2, -0.15) is 18.4 Å². The van der Waals surface area contributed by atoms with Gasteiger partial charge in [-0.05, 0) is 63.6 Å². The number of ether oxygens (including phenoxy) is 1. The van der Waals surface area contributed by atoms with Crippen molar-refractivity contribution < 1.29 is 32.6 Å². The molecule has 1 saturated carbocycles. The molecule has 4 unspecified atom stereocenters. The van der Waals surface area contributed by atoms with E-state index in [1.54, 1.807) is 0 Å². The molecule has 3 aliphatic rings. The number of carbonyl (C=O) groups is 2. The number of alkyl halides is 3. The summed E-state index contributed by atoms with van der Waals surface area (Å²) in [4.78, 5) is 25.2. The van der Waals surface area contributed by atoms with Crippen LogP contribution in [0, 0.1) is 28.6 Å². The molecule has 4 rings (SSSR count). The summed E-state index contributed by atoms with van der Waals surface area (Å²) in [5, 5.41) is 28.4. The van der Waals surface area contributed by atoms with Gasteiger partial charge in [0, 0.05) is 24.3 Å². The number of benzene rings is 1. The number of esters is 1.